The molecule has 0 spiro atoms. The lowest BCUT2D eigenvalue weighted by Gasteiger charge is -2.33. The fraction of sp³-hybridized carbons (Fsp3) is 0.0526. The van der Waals surface area contributed by atoms with Crippen molar-refractivity contribution in [3.05, 3.63) is 89.3 Å². The number of fused-ring (bicyclic) bond motifs is 1. The molecule has 2 aromatic rings. The van der Waals surface area contributed by atoms with E-state index in [1.54, 1.807) is 0 Å². The normalized spacial score (nSPS) is 14.0. The summed E-state index contributed by atoms with van der Waals surface area (Å²) in [6.07, 6.45) is 5.75. The van der Waals surface area contributed by atoms with Crippen LogP contribution in [0.2, 0.25) is 0 Å². The lowest BCUT2D eigenvalue weighted by molar-refractivity contribution is 0.431. The van der Waals surface area contributed by atoms with Gasteiger partial charge in [0.05, 0.1) is 11.4 Å². The SMILES string of the molecule is C=CC1=C(/C=C\C)Oc2ccccc2N1c1ccc(Br)cc1. The number of para-hydroxylation sites is 2. The minimum Gasteiger partial charge on any atom is -0.453 e. The van der Waals surface area contributed by atoms with E-state index < -0.39 is 0 Å². The number of anilines is 2. The van der Waals surface area contributed by atoms with E-state index in [-0.39, 0.29) is 0 Å². The summed E-state index contributed by atoms with van der Waals surface area (Å²) in [5.41, 5.74) is 3.00. The predicted octanol–water partition coefficient (Wildman–Crippen LogP) is 5.95. The van der Waals surface area contributed by atoms with Crippen molar-refractivity contribution >= 4 is 27.3 Å². The molecule has 0 fully saturated rings. The molecule has 0 saturated heterocycles. The minimum absolute atomic E-state index is 0.791. The molecule has 3 rings (SSSR count). The molecule has 22 heavy (non-hydrogen) atoms. The van der Waals surface area contributed by atoms with Gasteiger partial charge >= 0.3 is 0 Å². The van der Waals surface area contributed by atoms with Gasteiger partial charge in [0.25, 0.3) is 0 Å². The molecule has 0 amide bonds. The first-order valence-electron chi connectivity index (χ1n) is 7.06. The Labute approximate surface area is 139 Å². The van der Waals surface area contributed by atoms with Gasteiger partial charge in [-0.15, -0.1) is 0 Å². The van der Waals surface area contributed by atoms with Crippen molar-refractivity contribution in [3.8, 4) is 5.75 Å². The predicted molar refractivity (Wildman–Crippen MR) is 95.4 cm³/mol. The minimum atomic E-state index is 0.791. The van der Waals surface area contributed by atoms with E-state index in [9.17, 15) is 0 Å². The highest BCUT2D eigenvalue weighted by atomic mass is 79.9. The van der Waals surface area contributed by atoms with Gasteiger partial charge in [0.1, 0.15) is 0 Å². The Kier molecular flexibility index (Phi) is 4.16. The topological polar surface area (TPSA) is 12.5 Å². The van der Waals surface area contributed by atoms with Crippen molar-refractivity contribution in [2.75, 3.05) is 4.90 Å². The number of benzene rings is 2. The van der Waals surface area contributed by atoms with Crippen LogP contribution in [0.25, 0.3) is 0 Å². The van der Waals surface area contributed by atoms with Crippen LogP contribution >= 0.6 is 15.9 Å². The summed E-state index contributed by atoms with van der Waals surface area (Å²) < 4.78 is 7.07. The zero-order valence-electron chi connectivity index (χ0n) is 12.3. The largest absolute Gasteiger partial charge is 0.453 e. The maximum Gasteiger partial charge on any atom is 0.151 e. The van der Waals surface area contributed by atoms with Crippen LogP contribution in [-0.2, 0) is 0 Å². The first-order valence-corrected chi connectivity index (χ1v) is 7.86. The van der Waals surface area contributed by atoms with Crippen molar-refractivity contribution in [1.29, 1.82) is 0 Å². The fourth-order valence-electron chi connectivity index (χ4n) is 2.47. The van der Waals surface area contributed by atoms with Gasteiger partial charge in [0.2, 0.25) is 0 Å². The molecule has 0 aromatic heterocycles. The van der Waals surface area contributed by atoms with Crippen LogP contribution in [-0.4, -0.2) is 0 Å². The second kappa shape index (κ2) is 6.24. The first kappa shape index (κ1) is 14.7. The quantitative estimate of drug-likeness (QED) is 0.675. The summed E-state index contributed by atoms with van der Waals surface area (Å²) in [4.78, 5) is 2.16. The summed E-state index contributed by atoms with van der Waals surface area (Å²) in [5, 5.41) is 0. The highest BCUT2D eigenvalue weighted by Crippen LogP contribution is 2.42. The van der Waals surface area contributed by atoms with Crippen molar-refractivity contribution in [2.24, 2.45) is 0 Å². The van der Waals surface area contributed by atoms with Crippen molar-refractivity contribution < 1.29 is 4.74 Å². The third-order valence-electron chi connectivity index (χ3n) is 3.42. The van der Waals surface area contributed by atoms with Gasteiger partial charge in [0.15, 0.2) is 11.5 Å². The third-order valence-corrected chi connectivity index (χ3v) is 3.94. The highest BCUT2D eigenvalue weighted by molar-refractivity contribution is 9.10. The Hall–Kier alpha value is -2.26. The Morgan fingerprint density at radius 1 is 1.09 bits per heavy atom. The molecule has 0 N–H and O–H groups in total. The molecule has 0 aliphatic carbocycles. The Morgan fingerprint density at radius 3 is 2.50 bits per heavy atom. The zero-order valence-corrected chi connectivity index (χ0v) is 13.9. The molecule has 2 aromatic carbocycles. The number of hydrogen-bond acceptors (Lipinski definition) is 2. The average molecular weight is 354 g/mol. The van der Waals surface area contributed by atoms with Crippen LogP contribution in [0.5, 0.6) is 5.75 Å². The molecule has 0 unspecified atom stereocenters. The van der Waals surface area contributed by atoms with Gasteiger partial charge < -0.3 is 9.64 Å². The van der Waals surface area contributed by atoms with Crippen LogP contribution < -0.4 is 9.64 Å². The number of halogens is 1. The summed E-state index contributed by atoms with van der Waals surface area (Å²) in [6.45, 7) is 5.93. The maximum absolute atomic E-state index is 6.02. The Balaban J connectivity index is 2.22. The fourth-order valence-corrected chi connectivity index (χ4v) is 2.73. The molecule has 0 atom stereocenters. The summed E-state index contributed by atoms with van der Waals surface area (Å²) in [7, 11) is 0. The number of ether oxygens (including phenoxy) is 1. The van der Waals surface area contributed by atoms with E-state index in [1.165, 1.54) is 0 Å². The van der Waals surface area contributed by atoms with Gasteiger partial charge in [-0.25, -0.2) is 0 Å². The number of rotatable bonds is 3. The van der Waals surface area contributed by atoms with Gasteiger partial charge in [-0.2, -0.15) is 0 Å². The number of nitrogens with zero attached hydrogens (tertiary/aromatic N) is 1. The average Bonchev–Trinajstić information content (AvgIpc) is 2.55. The summed E-state index contributed by atoms with van der Waals surface area (Å²) in [5.74, 6) is 1.63. The van der Waals surface area contributed by atoms with E-state index in [1.807, 2.05) is 61.5 Å². The van der Waals surface area contributed by atoms with Crippen LogP contribution in [0.3, 0.4) is 0 Å². The van der Waals surface area contributed by atoms with Crippen molar-refractivity contribution in [3.63, 3.8) is 0 Å². The third kappa shape index (κ3) is 2.60. The Morgan fingerprint density at radius 2 is 1.82 bits per heavy atom. The lowest BCUT2D eigenvalue weighted by Crippen LogP contribution is -2.22. The zero-order chi connectivity index (χ0) is 15.5. The number of hydrogen-bond donors (Lipinski definition) is 0. The van der Waals surface area contributed by atoms with Gasteiger partial charge in [0, 0.05) is 10.2 Å². The molecule has 1 aliphatic heterocycles. The Bertz CT molecular complexity index is 759. The molecule has 3 heteroatoms. The lowest BCUT2D eigenvalue weighted by atomic mass is 10.1. The van der Waals surface area contributed by atoms with Gasteiger partial charge in [-0.05, 0) is 55.5 Å². The molecule has 1 heterocycles. The van der Waals surface area contributed by atoms with Gasteiger partial charge in [-0.1, -0.05) is 40.7 Å². The second-order valence-corrected chi connectivity index (χ2v) is 5.75. The van der Waals surface area contributed by atoms with E-state index in [0.29, 0.717) is 0 Å². The van der Waals surface area contributed by atoms with Crippen LogP contribution in [0.15, 0.2) is 89.3 Å². The molecule has 0 radical (unpaired) electrons. The smallest absolute Gasteiger partial charge is 0.151 e. The van der Waals surface area contributed by atoms with Crippen LogP contribution in [0, 0.1) is 0 Å². The molecular weight excluding hydrogens is 338 g/mol. The molecule has 110 valence electrons. The molecule has 0 saturated carbocycles. The molecule has 1 aliphatic rings. The van der Waals surface area contributed by atoms with Crippen LogP contribution in [0.1, 0.15) is 6.92 Å². The van der Waals surface area contributed by atoms with Crippen LogP contribution in [0.4, 0.5) is 11.4 Å². The number of allylic oxidation sites excluding steroid dienone is 3. The monoisotopic (exact) mass is 353 g/mol. The van der Waals surface area contributed by atoms with Crippen molar-refractivity contribution in [2.45, 2.75) is 6.92 Å². The molecule has 0 bridgehead atoms. The van der Waals surface area contributed by atoms with E-state index in [4.69, 9.17) is 4.74 Å². The van der Waals surface area contributed by atoms with E-state index in [0.717, 1.165) is 33.1 Å². The van der Waals surface area contributed by atoms with E-state index >= 15 is 0 Å². The highest BCUT2D eigenvalue weighted by Gasteiger charge is 2.25. The summed E-state index contributed by atoms with van der Waals surface area (Å²) in [6, 6.07) is 16.2. The van der Waals surface area contributed by atoms with Gasteiger partial charge in [-0.3, -0.25) is 0 Å². The molecule has 2 nitrogen and oxygen atoms in total. The van der Waals surface area contributed by atoms with E-state index in [2.05, 4.69) is 39.5 Å². The second-order valence-electron chi connectivity index (χ2n) is 4.84. The van der Waals surface area contributed by atoms with Crippen molar-refractivity contribution in [1.82, 2.24) is 0 Å². The maximum atomic E-state index is 6.02. The summed E-state index contributed by atoms with van der Waals surface area (Å²) >= 11 is 3.48. The molecular formula is C19H16BrNO. The first-order chi connectivity index (χ1) is 10.7. The standard InChI is InChI=1S/C19H16BrNO/c1-3-7-18-16(4-2)21(15-12-10-14(20)11-13-15)17-8-5-6-9-19(17)22-18/h3-13H,2H2,1H3/b7-3-.